The maximum absolute atomic E-state index is 5.72. The predicted octanol–water partition coefficient (Wildman–Crippen LogP) is 3.15. The van der Waals surface area contributed by atoms with Gasteiger partial charge in [0, 0.05) is 24.2 Å². The van der Waals surface area contributed by atoms with Crippen molar-refractivity contribution in [3.8, 4) is 0 Å². The molecule has 3 rings (SSSR count). The highest BCUT2D eigenvalue weighted by Crippen LogP contribution is 2.25. The van der Waals surface area contributed by atoms with Gasteiger partial charge in [0.25, 0.3) is 0 Å². The molecule has 0 aromatic carbocycles. The Kier molecular flexibility index (Phi) is 3.94. The zero-order valence-electron chi connectivity index (χ0n) is 12.2. The second-order valence-corrected chi connectivity index (χ2v) is 6.41. The Morgan fingerprint density at radius 2 is 2.16 bits per heavy atom. The number of nitrogens with one attached hydrogen (secondary N) is 1. The highest BCUT2D eigenvalue weighted by molar-refractivity contribution is 5.13. The summed E-state index contributed by atoms with van der Waals surface area (Å²) in [7, 11) is 0. The lowest BCUT2D eigenvalue weighted by Crippen LogP contribution is -2.41. The van der Waals surface area contributed by atoms with Gasteiger partial charge in [0.1, 0.15) is 5.76 Å². The van der Waals surface area contributed by atoms with Gasteiger partial charge in [0.2, 0.25) is 0 Å². The highest BCUT2D eigenvalue weighted by atomic mass is 16.3. The van der Waals surface area contributed by atoms with Gasteiger partial charge in [-0.05, 0) is 51.1 Å². The van der Waals surface area contributed by atoms with Crippen molar-refractivity contribution in [2.75, 3.05) is 6.54 Å². The van der Waals surface area contributed by atoms with Gasteiger partial charge in [-0.1, -0.05) is 6.92 Å². The first kappa shape index (κ1) is 13.2. The first-order chi connectivity index (χ1) is 9.22. The lowest BCUT2D eigenvalue weighted by Gasteiger charge is -2.37. The Morgan fingerprint density at radius 1 is 1.32 bits per heavy atom. The third-order valence-corrected chi connectivity index (χ3v) is 4.74. The van der Waals surface area contributed by atoms with Crippen molar-refractivity contribution < 1.29 is 4.42 Å². The van der Waals surface area contributed by atoms with Gasteiger partial charge in [-0.2, -0.15) is 0 Å². The zero-order chi connectivity index (χ0) is 13.2. The third kappa shape index (κ3) is 3.40. The summed E-state index contributed by atoms with van der Waals surface area (Å²) in [6.07, 6.45) is 7.29. The van der Waals surface area contributed by atoms with Crippen molar-refractivity contribution in [2.45, 2.75) is 64.7 Å². The predicted molar refractivity (Wildman–Crippen MR) is 76.8 cm³/mol. The molecule has 106 valence electrons. The molecule has 2 heterocycles. The fourth-order valence-corrected chi connectivity index (χ4v) is 3.00. The SMILES string of the molecule is CC1CCCN(Cc2cc(CNC3CC3)co2)C1C. The van der Waals surface area contributed by atoms with Crippen LogP contribution in [0.25, 0.3) is 0 Å². The smallest absolute Gasteiger partial charge is 0.118 e. The summed E-state index contributed by atoms with van der Waals surface area (Å²) in [6, 6.07) is 3.66. The van der Waals surface area contributed by atoms with Crippen molar-refractivity contribution in [1.29, 1.82) is 0 Å². The fraction of sp³-hybridized carbons (Fsp3) is 0.750. The minimum Gasteiger partial charge on any atom is -0.468 e. The van der Waals surface area contributed by atoms with Gasteiger partial charge in [0.05, 0.1) is 12.8 Å². The lowest BCUT2D eigenvalue weighted by molar-refractivity contribution is 0.0987. The molecule has 0 radical (unpaired) electrons. The molecule has 0 amide bonds. The molecule has 1 saturated heterocycles. The molecule has 1 aliphatic heterocycles. The summed E-state index contributed by atoms with van der Waals surface area (Å²) in [5.41, 5.74) is 1.29. The van der Waals surface area contributed by atoms with E-state index >= 15 is 0 Å². The average molecular weight is 262 g/mol. The minimum atomic E-state index is 0.673. The molecule has 3 heteroatoms. The van der Waals surface area contributed by atoms with E-state index in [9.17, 15) is 0 Å². The van der Waals surface area contributed by atoms with Gasteiger partial charge in [0.15, 0.2) is 0 Å². The van der Waals surface area contributed by atoms with E-state index < -0.39 is 0 Å². The van der Waals surface area contributed by atoms with Crippen molar-refractivity contribution in [1.82, 2.24) is 10.2 Å². The van der Waals surface area contributed by atoms with Crippen LogP contribution in [0, 0.1) is 5.92 Å². The molecule has 2 fully saturated rings. The summed E-state index contributed by atoms with van der Waals surface area (Å²) in [5.74, 6) is 1.92. The molecule has 0 spiro atoms. The van der Waals surface area contributed by atoms with Gasteiger partial charge < -0.3 is 9.73 Å². The fourth-order valence-electron chi connectivity index (χ4n) is 3.00. The van der Waals surface area contributed by atoms with Crippen molar-refractivity contribution >= 4 is 0 Å². The van der Waals surface area contributed by atoms with Crippen LogP contribution in [0.2, 0.25) is 0 Å². The van der Waals surface area contributed by atoms with E-state index in [4.69, 9.17) is 4.42 Å². The van der Waals surface area contributed by atoms with E-state index in [2.05, 4.69) is 30.1 Å². The summed E-state index contributed by atoms with van der Waals surface area (Å²) >= 11 is 0. The molecule has 19 heavy (non-hydrogen) atoms. The van der Waals surface area contributed by atoms with Gasteiger partial charge in [-0.3, -0.25) is 4.90 Å². The molecular weight excluding hydrogens is 236 g/mol. The highest BCUT2D eigenvalue weighted by Gasteiger charge is 2.25. The summed E-state index contributed by atoms with van der Waals surface area (Å²) in [5, 5.41) is 3.53. The Morgan fingerprint density at radius 3 is 2.95 bits per heavy atom. The van der Waals surface area contributed by atoms with E-state index in [1.807, 2.05) is 6.26 Å². The van der Waals surface area contributed by atoms with Crippen molar-refractivity contribution in [3.05, 3.63) is 23.7 Å². The van der Waals surface area contributed by atoms with Crippen LogP contribution < -0.4 is 5.32 Å². The van der Waals surface area contributed by atoms with Crippen LogP contribution >= 0.6 is 0 Å². The standard InChI is InChI=1S/C16H26N2O/c1-12-4-3-7-18(13(12)2)10-16-8-14(11-19-16)9-17-15-5-6-15/h8,11-13,15,17H,3-7,9-10H2,1-2H3. The number of nitrogens with zero attached hydrogens (tertiary/aromatic N) is 1. The third-order valence-electron chi connectivity index (χ3n) is 4.74. The molecule has 2 atom stereocenters. The van der Waals surface area contributed by atoms with E-state index in [0.717, 1.165) is 30.8 Å². The number of piperidine rings is 1. The molecule has 2 aliphatic rings. The van der Waals surface area contributed by atoms with Crippen LogP contribution in [0.15, 0.2) is 16.7 Å². The zero-order valence-corrected chi connectivity index (χ0v) is 12.2. The topological polar surface area (TPSA) is 28.4 Å². The molecule has 1 aromatic heterocycles. The number of furan rings is 1. The lowest BCUT2D eigenvalue weighted by atomic mass is 9.92. The Balaban J connectivity index is 1.53. The van der Waals surface area contributed by atoms with Crippen molar-refractivity contribution in [2.24, 2.45) is 5.92 Å². The number of hydrogen-bond donors (Lipinski definition) is 1. The molecule has 1 aliphatic carbocycles. The Labute approximate surface area is 116 Å². The molecule has 1 aromatic rings. The second kappa shape index (κ2) is 5.68. The van der Waals surface area contributed by atoms with Crippen LogP contribution in [0.5, 0.6) is 0 Å². The van der Waals surface area contributed by atoms with Gasteiger partial charge in [-0.25, -0.2) is 0 Å². The number of likely N-dealkylation sites (tertiary alicyclic amines) is 1. The second-order valence-electron chi connectivity index (χ2n) is 6.41. The monoisotopic (exact) mass is 262 g/mol. The van der Waals surface area contributed by atoms with Crippen LogP contribution in [0.1, 0.15) is 50.9 Å². The minimum absolute atomic E-state index is 0.673. The summed E-state index contributed by atoms with van der Waals surface area (Å²) in [6.45, 7) is 7.85. The normalized spacial score (nSPS) is 28.7. The summed E-state index contributed by atoms with van der Waals surface area (Å²) in [4.78, 5) is 2.56. The largest absolute Gasteiger partial charge is 0.468 e. The van der Waals surface area contributed by atoms with E-state index in [1.165, 1.54) is 37.8 Å². The maximum atomic E-state index is 5.72. The van der Waals surface area contributed by atoms with Crippen molar-refractivity contribution in [3.63, 3.8) is 0 Å². The number of rotatable bonds is 5. The van der Waals surface area contributed by atoms with Gasteiger partial charge >= 0.3 is 0 Å². The van der Waals surface area contributed by atoms with Crippen LogP contribution in [0.3, 0.4) is 0 Å². The van der Waals surface area contributed by atoms with Crippen LogP contribution in [-0.4, -0.2) is 23.5 Å². The molecule has 1 N–H and O–H groups in total. The first-order valence-electron chi connectivity index (χ1n) is 7.76. The molecule has 1 saturated carbocycles. The Hall–Kier alpha value is -0.800. The first-order valence-corrected chi connectivity index (χ1v) is 7.76. The van der Waals surface area contributed by atoms with Gasteiger partial charge in [-0.15, -0.1) is 0 Å². The van der Waals surface area contributed by atoms with E-state index in [-0.39, 0.29) is 0 Å². The van der Waals surface area contributed by atoms with Crippen LogP contribution in [-0.2, 0) is 13.1 Å². The molecule has 0 bridgehead atoms. The number of hydrogen-bond acceptors (Lipinski definition) is 3. The quantitative estimate of drug-likeness (QED) is 0.883. The summed E-state index contributed by atoms with van der Waals surface area (Å²) < 4.78 is 5.72. The molecule has 3 nitrogen and oxygen atoms in total. The maximum Gasteiger partial charge on any atom is 0.118 e. The van der Waals surface area contributed by atoms with Crippen LogP contribution in [0.4, 0.5) is 0 Å². The molecule has 2 unspecified atom stereocenters. The molecular formula is C16H26N2O. The average Bonchev–Trinajstić information content (AvgIpc) is 3.13. The van der Waals surface area contributed by atoms with E-state index in [1.54, 1.807) is 0 Å². The Bertz CT molecular complexity index is 411. The van der Waals surface area contributed by atoms with E-state index in [0.29, 0.717) is 6.04 Å².